The second-order valence-corrected chi connectivity index (χ2v) is 7.59. The van der Waals surface area contributed by atoms with Crippen LogP contribution in [0.2, 0.25) is 0 Å². The van der Waals surface area contributed by atoms with Gasteiger partial charge >= 0.3 is 11.9 Å². The first kappa shape index (κ1) is 22.2. The zero-order valence-electron chi connectivity index (χ0n) is 17.6. The van der Waals surface area contributed by atoms with Crippen molar-refractivity contribution < 1.29 is 28.8 Å². The molecule has 9 heteroatoms. The van der Waals surface area contributed by atoms with E-state index in [4.69, 9.17) is 9.47 Å². The van der Waals surface area contributed by atoms with E-state index in [1.165, 1.54) is 12.1 Å². The van der Waals surface area contributed by atoms with Crippen molar-refractivity contribution in [2.24, 2.45) is 0 Å². The minimum atomic E-state index is -1.05. The Bertz CT molecular complexity index is 1000. The molecule has 0 radical (unpaired) electrons. The van der Waals surface area contributed by atoms with Gasteiger partial charge in [-0.25, -0.2) is 9.59 Å². The van der Waals surface area contributed by atoms with E-state index in [1.54, 1.807) is 19.9 Å². The van der Waals surface area contributed by atoms with Gasteiger partial charge in [0.15, 0.2) is 6.29 Å². The standard InChI is InChI=1S/C22H24N2O7/c1-12-15(9-6-10-17(12)24(28)29)19-18(22(27)31-14-7-4-5-8-14)13(2)23-16(11-25)20(19)21(26)30-3/h6,9-11,14,19,23H,4-5,7-8H2,1-3H3. The van der Waals surface area contributed by atoms with Gasteiger partial charge in [0.25, 0.3) is 5.69 Å². The number of methoxy groups -OCH3 is 1. The Morgan fingerprint density at radius 3 is 2.42 bits per heavy atom. The number of aldehydes is 1. The molecule has 0 aromatic heterocycles. The fraction of sp³-hybridized carbons (Fsp3) is 0.409. The Balaban J connectivity index is 2.20. The third-order valence-corrected chi connectivity index (χ3v) is 5.77. The summed E-state index contributed by atoms with van der Waals surface area (Å²) in [4.78, 5) is 48.6. The molecule has 1 aromatic carbocycles. The average molecular weight is 428 g/mol. The Hall–Kier alpha value is -3.49. The molecule has 0 spiro atoms. The second kappa shape index (κ2) is 9.11. The van der Waals surface area contributed by atoms with E-state index in [0.717, 1.165) is 32.8 Å². The molecule has 1 unspecified atom stereocenters. The topological polar surface area (TPSA) is 125 Å². The molecule has 1 saturated carbocycles. The number of rotatable bonds is 6. The molecule has 2 aliphatic rings. The van der Waals surface area contributed by atoms with Crippen molar-refractivity contribution in [2.45, 2.75) is 51.6 Å². The molecule has 1 atom stereocenters. The highest BCUT2D eigenvalue weighted by Crippen LogP contribution is 2.42. The van der Waals surface area contributed by atoms with Crippen LogP contribution in [0.4, 0.5) is 5.69 Å². The van der Waals surface area contributed by atoms with E-state index in [-0.39, 0.29) is 34.2 Å². The summed E-state index contributed by atoms with van der Waals surface area (Å²) in [6.45, 7) is 3.14. The number of hydrogen-bond donors (Lipinski definition) is 1. The summed E-state index contributed by atoms with van der Waals surface area (Å²) in [7, 11) is 1.16. The second-order valence-electron chi connectivity index (χ2n) is 7.59. The minimum absolute atomic E-state index is 0.0577. The lowest BCUT2D eigenvalue weighted by Gasteiger charge is -2.31. The van der Waals surface area contributed by atoms with Crippen LogP contribution in [0.1, 0.15) is 49.7 Å². The zero-order chi connectivity index (χ0) is 22.7. The number of allylic oxidation sites excluding steroid dienone is 2. The number of carbonyl (C=O) groups is 3. The van der Waals surface area contributed by atoms with Crippen LogP contribution >= 0.6 is 0 Å². The highest BCUT2D eigenvalue weighted by Gasteiger charge is 2.41. The number of nitro benzene ring substituents is 1. The first-order valence-corrected chi connectivity index (χ1v) is 10.0. The number of nitro groups is 1. The molecule has 1 aliphatic heterocycles. The predicted octanol–water partition coefficient (Wildman–Crippen LogP) is 2.98. The molecular weight excluding hydrogens is 404 g/mol. The number of nitrogens with one attached hydrogen (secondary N) is 1. The Morgan fingerprint density at radius 2 is 1.84 bits per heavy atom. The molecule has 1 aromatic rings. The number of nitrogens with zero attached hydrogens (tertiary/aromatic N) is 1. The lowest BCUT2D eigenvalue weighted by Crippen LogP contribution is -2.34. The van der Waals surface area contributed by atoms with E-state index in [0.29, 0.717) is 17.5 Å². The highest BCUT2D eigenvalue weighted by molar-refractivity contribution is 6.03. The van der Waals surface area contributed by atoms with Gasteiger partial charge < -0.3 is 14.8 Å². The van der Waals surface area contributed by atoms with Gasteiger partial charge in [0.2, 0.25) is 0 Å². The lowest BCUT2D eigenvalue weighted by atomic mass is 9.78. The van der Waals surface area contributed by atoms with E-state index < -0.39 is 22.8 Å². The molecule has 3 rings (SSSR count). The van der Waals surface area contributed by atoms with Gasteiger partial charge in [-0.05, 0) is 45.1 Å². The number of benzene rings is 1. The van der Waals surface area contributed by atoms with Crippen LogP contribution < -0.4 is 5.32 Å². The molecule has 9 nitrogen and oxygen atoms in total. The van der Waals surface area contributed by atoms with Crippen LogP contribution in [-0.4, -0.2) is 36.4 Å². The van der Waals surface area contributed by atoms with Crippen LogP contribution in [0.5, 0.6) is 0 Å². The van der Waals surface area contributed by atoms with Gasteiger partial charge in [-0.2, -0.15) is 0 Å². The molecule has 0 amide bonds. The van der Waals surface area contributed by atoms with Crippen molar-refractivity contribution in [3.8, 4) is 0 Å². The molecule has 1 heterocycles. The van der Waals surface area contributed by atoms with Crippen LogP contribution in [-0.2, 0) is 23.9 Å². The Morgan fingerprint density at radius 1 is 1.16 bits per heavy atom. The van der Waals surface area contributed by atoms with E-state index in [1.807, 2.05) is 0 Å². The largest absolute Gasteiger partial charge is 0.466 e. The normalized spacial score (nSPS) is 19.1. The van der Waals surface area contributed by atoms with Gasteiger partial charge in [0, 0.05) is 17.3 Å². The van der Waals surface area contributed by atoms with Crippen molar-refractivity contribution in [3.05, 3.63) is 62.0 Å². The quantitative estimate of drug-likeness (QED) is 0.317. The Kier molecular flexibility index (Phi) is 6.53. The van der Waals surface area contributed by atoms with Crippen molar-refractivity contribution >= 4 is 23.9 Å². The molecule has 1 N–H and O–H groups in total. The van der Waals surface area contributed by atoms with Crippen LogP contribution in [0, 0.1) is 17.0 Å². The number of ether oxygens (including phenoxy) is 2. The first-order chi connectivity index (χ1) is 14.8. The summed E-state index contributed by atoms with van der Waals surface area (Å²) in [5.74, 6) is -2.49. The van der Waals surface area contributed by atoms with E-state index in [9.17, 15) is 24.5 Å². The molecule has 31 heavy (non-hydrogen) atoms. The molecule has 164 valence electrons. The third-order valence-electron chi connectivity index (χ3n) is 5.77. The van der Waals surface area contributed by atoms with Gasteiger partial charge in [0.1, 0.15) is 6.10 Å². The van der Waals surface area contributed by atoms with Crippen molar-refractivity contribution in [1.29, 1.82) is 0 Å². The van der Waals surface area contributed by atoms with Crippen molar-refractivity contribution in [2.75, 3.05) is 7.11 Å². The van der Waals surface area contributed by atoms with E-state index >= 15 is 0 Å². The van der Waals surface area contributed by atoms with Gasteiger partial charge in [-0.3, -0.25) is 14.9 Å². The number of hydrogen-bond acceptors (Lipinski definition) is 8. The lowest BCUT2D eigenvalue weighted by molar-refractivity contribution is -0.385. The third kappa shape index (κ3) is 4.21. The fourth-order valence-corrected chi connectivity index (χ4v) is 4.24. The van der Waals surface area contributed by atoms with Crippen LogP contribution in [0.25, 0.3) is 0 Å². The summed E-state index contributed by atoms with van der Waals surface area (Å²) in [6, 6.07) is 4.42. The number of carbonyl (C=O) groups excluding carboxylic acids is 3. The number of dihydropyridines is 1. The van der Waals surface area contributed by atoms with Crippen molar-refractivity contribution in [3.63, 3.8) is 0 Å². The maximum atomic E-state index is 13.2. The molecule has 0 saturated heterocycles. The zero-order valence-corrected chi connectivity index (χ0v) is 17.6. The maximum Gasteiger partial charge on any atom is 0.337 e. The summed E-state index contributed by atoms with van der Waals surface area (Å²) in [5.41, 5.74) is 0.796. The average Bonchev–Trinajstić information content (AvgIpc) is 3.25. The first-order valence-electron chi connectivity index (χ1n) is 10.0. The minimum Gasteiger partial charge on any atom is -0.466 e. The van der Waals surface area contributed by atoms with Gasteiger partial charge in [-0.15, -0.1) is 0 Å². The summed E-state index contributed by atoms with van der Waals surface area (Å²) >= 11 is 0. The molecule has 1 aliphatic carbocycles. The van der Waals surface area contributed by atoms with Crippen molar-refractivity contribution in [1.82, 2.24) is 5.32 Å². The summed E-state index contributed by atoms with van der Waals surface area (Å²) in [6.07, 6.45) is 3.68. The highest BCUT2D eigenvalue weighted by atomic mass is 16.6. The monoisotopic (exact) mass is 428 g/mol. The summed E-state index contributed by atoms with van der Waals surface area (Å²) < 4.78 is 10.6. The van der Waals surface area contributed by atoms with E-state index in [2.05, 4.69) is 5.32 Å². The molecule has 0 bridgehead atoms. The predicted molar refractivity (Wildman–Crippen MR) is 110 cm³/mol. The maximum absolute atomic E-state index is 13.2. The molecule has 1 fully saturated rings. The Labute approximate surface area is 179 Å². The smallest absolute Gasteiger partial charge is 0.337 e. The molecular formula is C22H24N2O7. The van der Waals surface area contributed by atoms with Crippen LogP contribution in [0.3, 0.4) is 0 Å². The summed E-state index contributed by atoms with van der Waals surface area (Å²) in [5, 5.41) is 14.3. The fourth-order valence-electron chi connectivity index (χ4n) is 4.24. The van der Waals surface area contributed by atoms with Gasteiger partial charge in [-0.1, -0.05) is 12.1 Å². The SMILES string of the molecule is COC(=O)C1=C(C=O)NC(C)=C(C(=O)OC2CCCC2)C1c1cccc([N+](=O)[O-])c1C. The van der Waals surface area contributed by atoms with Gasteiger partial charge in [0.05, 0.1) is 34.8 Å². The number of esters is 2. The van der Waals surface area contributed by atoms with Crippen LogP contribution in [0.15, 0.2) is 40.7 Å².